The topological polar surface area (TPSA) is 57.6 Å². The first-order chi connectivity index (χ1) is 11.1. The minimum absolute atomic E-state index is 0.124. The van der Waals surface area contributed by atoms with Gasteiger partial charge in [0.05, 0.1) is 16.7 Å². The summed E-state index contributed by atoms with van der Waals surface area (Å²) in [5.41, 5.74) is 0.350. The summed E-state index contributed by atoms with van der Waals surface area (Å²) >= 11 is 0. The van der Waals surface area contributed by atoms with Crippen LogP contribution in [-0.4, -0.2) is 26.2 Å². The van der Waals surface area contributed by atoms with Crippen molar-refractivity contribution in [2.45, 2.75) is 24.1 Å². The Labute approximate surface area is 138 Å². The van der Waals surface area contributed by atoms with E-state index in [1.165, 1.54) is 55.5 Å². The zero-order valence-electron chi connectivity index (χ0n) is 12.7. The number of aliphatic hydroxyl groups is 1. The molecule has 130 valence electrons. The average Bonchev–Trinajstić information content (AvgIpc) is 2.52. The number of hydrogen-bond acceptors (Lipinski definition) is 3. The van der Waals surface area contributed by atoms with Crippen LogP contribution in [0.1, 0.15) is 18.6 Å². The molecule has 0 radical (unpaired) electrons. The first-order valence-electron chi connectivity index (χ1n) is 7.04. The Kier molecular flexibility index (Phi) is 5.19. The summed E-state index contributed by atoms with van der Waals surface area (Å²) in [7, 11) is -4.37. The number of aliphatic hydroxyl groups excluding tert-OH is 1. The largest absolute Gasteiger partial charge is 0.407 e. The molecule has 2 aromatic rings. The molecule has 2 aromatic carbocycles. The Morgan fingerprint density at radius 1 is 1.04 bits per heavy atom. The van der Waals surface area contributed by atoms with Gasteiger partial charge in [0.1, 0.15) is 6.54 Å². The van der Waals surface area contributed by atoms with Crippen molar-refractivity contribution in [2.24, 2.45) is 0 Å². The van der Waals surface area contributed by atoms with E-state index in [2.05, 4.69) is 0 Å². The molecule has 0 heterocycles. The summed E-state index contributed by atoms with van der Waals surface area (Å²) in [6.45, 7) is -0.137. The van der Waals surface area contributed by atoms with Crippen LogP contribution in [-0.2, 0) is 10.0 Å². The summed E-state index contributed by atoms with van der Waals surface area (Å²) in [4.78, 5) is -0.228. The standard InChI is InChI=1S/C16H16F3NO3S/c1-12(21)13-7-9-14(10-8-13)20(11-16(17,18)19)24(22,23)15-5-3-2-4-6-15/h2-10,12,21H,11H2,1H3. The lowest BCUT2D eigenvalue weighted by Gasteiger charge is -2.26. The molecule has 4 nitrogen and oxygen atoms in total. The van der Waals surface area contributed by atoms with Crippen molar-refractivity contribution in [2.75, 3.05) is 10.8 Å². The predicted molar refractivity (Wildman–Crippen MR) is 84.1 cm³/mol. The lowest BCUT2D eigenvalue weighted by atomic mass is 10.1. The normalized spacial score (nSPS) is 13.5. The van der Waals surface area contributed by atoms with Gasteiger partial charge in [-0.1, -0.05) is 30.3 Å². The van der Waals surface area contributed by atoms with E-state index in [1.807, 2.05) is 0 Å². The van der Waals surface area contributed by atoms with Gasteiger partial charge in [0.25, 0.3) is 10.0 Å². The molecular weight excluding hydrogens is 343 g/mol. The second-order valence-corrected chi connectivity index (χ2v) is 7.07. The Hall–Kier alpha value is -2.06. The maximum Gasteiger partial charge on any atom is 0.407 e. The number of anilines is 1. The van der Waals surface area contributed by atoms with Crippen molar-refractivity contribution in [3.63, 3.8) is 0 Å². The van der Waals surface area contributed by atoms with Gasteiger partial charge in [0.2, 0.25) is 0 Å². The van der Waals surface area contributed by atoms with Crippen LogP contribution >= 0.6 is 0 Å². The molecule has 1 atom stereocenters. The van der Waals surface area contributed by atoms with Gasteiger partial charge < -0.3 is 5.11 Å². The van der Waals surface area contributed by atoms with E-state index in [9.17, 15) is 26.7 Å². The lowest BCUT2D eigenvalue weighted by molar-refractivity contribution is -0.117. The third kappa shape index (κ3) is 4.27. The van der Waals surface area contributed by atoms with E-state index in [1.54, 1.807) is 6.07 Å². The van der Waals surface area contributed by atoms with Crippen molar-refractivity contribution in [3.8, 4) is 0 Å². The highest BCUT2D eigenvalue weighted by Crippen LogP contribution is 2.29. The van der Waals surface area contributed by atoms with E-state index >= 15 is 0 Å². The van der Waals surface area contributed by atoms with Crippen LogP contribution in [0.15, 0.2) is 59.5 Å². The van der Waals surface area contributed by atoms with E-state index < -0.39 is 28.8 Å². The first kappa shape index (κ1) is 18.3. The summed E-state index contributed by atoms with van der Waals surface area (Å²) < 4.78 is 64.2. The Balaban J connectivity index is 2.49. The molecule has 1 unspecified atom stereocenters. The van der Waals surface area contributed by atoms with Crippen molar-refractivity contribution < 1.29 is 26.7 Å². The SMILES string of the molecule is CC(O)c1ccc(N(CC(F)(F)F)S(=O)(=O)c2ccccc2)cc1. The second kappa shape index (κ2) is 6.82. The number of sulfonamides is 1. The minimum atomic E-state index is -4.70. The van der Waals surface area contributed by atoms with E-state index in [-0.39, 0.29) is 10.6 Å². The quantitative estimate of drug-likeness (QED) is 0.889. The molecule has 2 rings (SSSR count). The van der Waals surface area contributed by atoms with E-state index in [4.69, 9.17) is 0 Å². The first-order valence-corrected chi connectivity index (χ1v) is 8.48. The molecule has 0 aliphatic heterocycles. The maximum atomic E-state index is 12.9. The van der Waals surface area contributed by atoms with Gasteiger partial charge in [-0.05, 0) is 36.8 Å². The molecule has 24 heavy (non-hydrogen) atoms. The van der Waals surface area contributed by atoms with Crippen LogP contribution in [0.25, 0.3) is 0 Å². The molecule has 0 amide bonds. The molecule has 0 saturated carbocycles. The third-order valence-electron chi connectivity index (χ3n) is 3.32. The van der Waals surface area contributed by atoms with Gasteiger partial charge in [-0.2, -0.15) is 13.2 Å². The van der Waals surface area contributed by atoms with Crippen LogP contribution in [0.3, 0.4) is 0 Å². The monoisotopic (exact) mass is 359 g/mol. The van der Waals surface area contributed by atoms with E-state index in [0.717, 1.165) is 0 Å². The number of halogens is 3. The van der Waals surface area contributed by atoms with Gasteiger partial charge in [-0.3, -0.25) is 4.31 Å². The molecule has 0 aliphatic rings. The van der Waals surface area contributed by atoms with Crippen molar-refractivity contribution in [1.29, 1.82) is 0 Å². The fraction of sp³-hybridized carbons (Fsp3) is 0.250. The van der Waals surface area contributed by atoms with Crippen LogP contribution in [0, 0.1) is 0 Å². The van der Waals surface area contributed by atoms with Gasteiger partial charge >= 0.3 is 6.18 Å². The fourth-order valence-corrected chi connectivity index (χ4v) is 3.59. The molecule has 8 heteroatoms. The molecule has 0 spiro atoms. The van der Waals surface area contributed by atoms with Crippen LogP contribution in [0.2, 0.25) is 0 Å². The van der Waals surface area contributed by atoms with Crippen molar-refractivity contribution in [1.82, 2.24) is 0 Å². The smallest absolute Gasteiger partial charge is 0.389 e. The molecule has 1 N–H and O–H groups in total. The summed E-state index contributed by atoms with van der Waals surface area (Å²) in [6, 6.07) is 12.2. The Morgan fingerprint density at radius 2 is 1.58 bits per heavy atom. The minimum Gasteiger partial charge on any atom is -0.389 e. The molecule has 0 bridgehead atoms. The van der Waals surface area contributed by atoms with Crippen LogP contribution < -0.4 is 4.31 Å². The number of benzene rings is 2. The van der Waals surface area contributed by atoms with Crippen molar-refractivity contribution >= 4 is 15.7 Å². The summed E-state index contributed by atoms with van der Waals surface area (Å²) in [6.07, 6.45) is -5.51. The number of rotatable bonds is 5. The van der Waals surface area contributed by atoms with Gasteiger partial charge in [-0.25, -0.2) is 8.42 Å². The zero-order chi connectivity index (χ0) is 18.0. The van der Waals surface area contributed by atoms with Crippen molar-refractivity contribution in [3.05, 3.63) is 60.2 Å². The third-order valence-corrected chi connectivity index (χ3v) is 5.11. The zero-order valence-corrected chi connectivity index (χ0v) is 13.6. The number of alkyl halides is 3. The van der Waals surface area contributed by atoms with Crippen LogP contribution in [0.5, 0.6) is 0 Å². The highest BCUT2D eigenvalue weighted by Gasteiger charge is 2.37. The van der Waals surface area contributed by atoms with Gasteiger partial charge in [0.15, 0.2) is 0 Å². The van der Waals surface area contributed by atoms with Gasteiger partial charge in [-0.15, -0.1) is 0 Å². The molecule has 0 saturated heterocycles. The van der Waals surface area contributed by atoms with Crippen LogP contribution in [0.4, 0.5) is 18.9 Å². The Bertz CT molecular complexity index is 772. The average molecular weight is 359 g/mol. The predicted octanol–water partition coefficient (Wildman–Crippen LogP) is 3.50. The highest BCUT2D eigenvalue weighted by atomic mass is 32.2. The Morgan fingerprint density at radius 3 is 2.04 bits per heavy atom. The lowest BCUT2D eigenvalue weighted by Crippen LogP contribution is -2.39. The maximum absolute atomic E-state index is 12.9. The summed E-state index contributed by atoms with van der Waals surface area (Å²) in [5.74, 6) is 0. The number of nitrogens with zero attached hydrogens (tertiary/aromatic N) is 1. The van der Waals surface area contributed by atoms with Gasteiger partial charge in [0, 0.05) is 0 Å². The summed E-state index contributed by atoms with van der Waals surface area (Å²) in [5, 5.41) is 9.47. The van der Waals surface area contributed by atoms with E-state index in [0.29, 0.717) is 9.87 Å². The second-order valence-electron chi connectivity index (χ2n) is 5.21. The molecule has 0 fully saturated rings. The fourth-order valence-electron chi connectivity index (χ4n) is 2.12. The highest BCUT2D eigenvalue weighted by molar-refractivity contribution is 7.92. The molecule has 0 aromatic heterocycles. The molecule has 0 aliphatic carbocycles. The number of hydrogen-bond donors (Lipinski definition) is 1. The molecular formula is C16H16F3NO3S.